The third kappa shape index (κ3) is 4.74. The van der Waals surface area contributed by atoms with Crippen LogP contribution in [0.1, 0.15) is 57.5 Å². The minimum atomic E-state index is -1.19. The quantitative estimate of drug-likeness (QED) is 0.302. The van der Waals surface area contributed by atoms with Gasteiger partial charge in [0.25, 0.3) is 0 Å². The standard InChI is InChI=1S/C17H19NSi.C17H15.2ClH.Zr/c1-11-10-14-15(17-12(2)16(14)19(17,3)4)18(11)13-8-6-5-7-9-13;1-2-13-11-15-9-6-10-16(17(15)12-13)14-7-4-3-5-8-14;;;/h5-10,16H,1-4H3;3-12H,2H2,1H3;2*1H;/q;;;;+2/p-2. The molecule has 0 radical (unpaired) electrons. The molecule has 0 saturated heterocycles. The first-order valence-electron chi connectivity index (χ1n) is 13.4. The van der Waals surface area contributed by atoms with Crippen molar-refractivity contribution in [1.82, 2.24) is 4.57 Å². The van der Waals surface area contributed by atoms with Gasteiger partial charge in [-0.1, -0.05) is 36.9 Å². The van der Waals surface area contributed by atoms with Crippen LogP contribution in [0.15, 0.2) is 96.1 Å². The molecule has 3 heterocycles. The molecule has 0 N–H and O–H groups in total. The van der Waals surface area contributed by atoms with Gasteiger partial charge in [0.2, 0.25) is 0 Å². The fourth-order valence-corrected chi connectivity index (χ4v) is 12.7. The van der Waals surface area contributed by atoms with Gasteiger partial charge in [-0.2, -0.15) is 0 Å². The van der Waals surface area contributed by atoms with E-state index in [0.717, 1.165) is 5.54 Å². The van der Waals surface area contributed by atoms with Crippen LogP contribution in [0.2, 0.25) is 13.1 Å². The Morgan fingerprint density at radius 2 is 1.46 bits per heavy atom. The van der Waals surface area contributed by atoms with E-state index in [1.807, 2.05) is 0 Å². The van der Waals surface area contributed by atoms with Crippen molar-refractivity contribution in [3.05, 3.63) is 124 Å². The Morgan fingerprint density at radius 3 is 2.08 bits per heavy atom. The first kappa shape index (κ1) is 30.1. The van der Waals surface area contributed by atoms with E-state index in [1.54, 1.807) is 46.6 Å². The molecule has 4 aromatic rings. The summed E-state index contributed by atoms with van der Waals surface area (Å²) in [7, 11) is -1.19. The Labute approximate surface area is 262 Å². The molecule has 2 aliphatic carbocycles. The molecule has 197 valence electrons. The summed E-state index contributed by atoms with van der Waals surface area (Å²) >= 11 is 1.60. The summed E-state index contributed by atoms with van der Waals surface area (Å²) in [6.07, 6.45) is 3.58. The van der Waals surface area contributed by atoms with Crippen molar-refractivity contribution in [2.24, 2.45) is 0 Å². The zero-order chi connectivity index (χ0) is 25.9. The first-order chi connectivity index (χ1) is 17.8. The summed E-state index contributed by atoms with van der Waals surface area (Å²) in [5, 5.41) is 1.71. The molecule has 2 aliphatic heterocycles. The fourth-order valence-electron chi connectivity index (χ4n) is 7.06. The maximum atomic E-state index is 2.52. The van der Waals surface area contributed by atoms with Crippen LogP contribution in [0.5, 0.6) is 0 Å². The van der Waals surface area contributed by atoms with Crippen molar-refractivity contribution < 1.29 is 49.5 Å². The number of nitrogens with zero attached hydrogens (tertiary/aromatic N) is 1. The van der Waals surface area contributed by atoms with Gasteiger partial charge in [-0.3, -0.25) is 0 Å². The molecule has 39 heavy (non-hydrogen) atoms. The molecule has 5 heteroatoms. The van der Waals surface area contributed by atoms with Gasteiger partial charge >= 0.3 is 124 Å². The van der Waals surface area contributed by atoms with Crippen molar-refractivity contribution in [2.75, 3.05) is 0 Å². The van der Waals surface area contributed by atoms with Gasteiger partial charge in [0.1, 0.15) is 0 Å². The van der Waals surface area contributed by atoms with E-state index in [4.69, 9.17) is 0 Å². The zero-order valence-corrected chi connectivity index (χ0v) is 28.2. The van der Waals surface area contributed by atoms with Gasteiger partial charge in [0.15, 0.2) is 0 Å². The van der Waals surface area contributed by atoms with Crippen LogP contribution in [-0.2, 0) is 24.7 Å². The van der Waals surface area contributed by atoms with Crippen molar-refractivity contribution in [1.29, 1.82) is 0 Å². The topological polar surface area (TPSA) is 4.93 Å². The second kappa shape index (κ2) is 11.5. The van der Waals surface area contributed by atoms with Crippen LogP contribution < -0.4 is 24.8 Å². The predicted molar refractivity (Wildman–Crippen MR) is 156 cm³/mol. The average Bonchev–Trinajstić information content (AvgIpc) is 3.57. The van der Waals surface area contributed by atoms with Crippen LogP contribution in [-0.4, -0.2) is 12.6 Å². The number of rotatable bonds is 3. The number of benzene rings is 3. The zero-order valence-electron chi connectivity index (χ0n) is 23.2. The number of aromatic nitrogens is 1. The van der Waals surface area contributed by atoms with Crippen LogP contribution >= 0.6 is 0 Å². The molecule has 4 aliphatic rings. The van der Waals surface area contributed by atoms with Crippen molar-refractivity contribution >= 4 is 19.3 Å². The van der Waals surface area contributed by atoms with E-state index in [0.29, 0.717) is 3.63 Å². The Hall–Kier alpha value is -1.90. The number of hydrogen-bond donors (Lipinski definition) is 0. The van der Waals surface area contributed by atoms with Crippen LogP contribution in [0.3, 0.4) is 0 Å². The molecule has 1 nitrogen and oxygen atoms in total. The molecule has 0 saturated carbocycles. The molecule has 0 fully saturated rings. The van der Waals surface area contributed by atoms with E-state index < -0.39 is 8.07 Å². The minimum Gasteiger partial charge on any atom is -1.00 e. The summed E-state index contributed by atoms with van der Waals surface area (Å²) in [4.78, 5) is 0. The van der Waals surface area contributed by atoms with Crippen LogP contribution in [0.4, 0.5) is 0 Å². The van der Waals surface area contributed by atoms with Crippen LogP contribution in [0, 0.1) is 6.92 Å². The van der Waals surface area contributed by atoms with Crippen molar-refractivity contribution in [3.63, 3.8) is 0 Å². The Balaban J connectivity index is 0.000000172. The molecule has 0 amide bonds. The van der Waals surface area contributed by atoms with Gasteiger partial charge in [-0.15, -0.1) is 0 Å². The maximum Gasteiger partial charge on any atom is -1.00 e. The molecule has 2 unspecified atom stereocenters. The number of hydrogen-bond acceptors (Lipinski definition) is 0. The second-order valence-corrected chi connectivity index (χ2v) is 17.1. The first-order valence-corrected chi connectivity index (χ1v) is 17.9. The number of para-hydroxylation sites is 1. The molecule has 2 atom stereocenters. The number of halogens is 2. The van der Waals surface area contributed by atoms with E-state index in [9.17, 15) is 0 Å². The molecule has 2 bridgehead atoms. The smallest absolute Gasteiger partial charge is 1.00 e. The molecular weight excluding hydrogens is 613 g/mol. The molecule has 8 rings (SSSR count). The van der Waals surface area contributed by atoms with E-state index >= 15 is 0 Å². The predicted octanol–water partition coefficient (Wildman–Crippen LogP) is 3.21. The molecule has 1 aromatic heterocycles. The second-order valence-electron chi connectivity index (χ2n) is 11.2. The van der Waals surface area contributed by atoms with Gasteiger partial charge in [-0.25, -0.2) is 0 Å². The van der Waals surface area contributed by atoms with Gasteiger partial charge < -0.3 is 29.4 Å². The SMILES string of the molecule is CC1=C2c3c(cc(C)n3-c3ccccc3)C1[Si]2(C)C.CCC1=Cc2c(-c3ccccc3)cccc2[CH]1[Zr+2].[Cl-].[Cl-]. The largest absolute Gasteiger partial charge is 1.00 e. The Morgan fingerprint density at radius 1 is 0.821 bits per heavy atom. The maximum absolute atomic E-state index is 2.52. The van der Waals surface area contributed by atoms with Gasteiger partial charge in [0.05, 0.1) is 8.07 Å². The summed E-state index contributed by atoms with van der Waals surface area (Å²) in [6.45, 7) is 11.9. The third-order valence-electron chi connectivity index (χ3n) is 8.61. The van der Waals surface area contributed by atoms with E-state index in [1.165, 1.54) is 45.7 Å². The molecule has 3 aromatic carbocycles. The summed E-state index contributed by atoms with van der Waals surface area (Å²) in [5.41, 5.74) is 15.5. The third-order valence-corrected chi connectivity index (χ3v) is 14.4. The van der Waals surface area contributed by atoms with E-state index in [-0.39, 0.29) is 24.8 Å². The Bertz CT molecular complexity index is 1570. The Kier molecular flexibility index (Phi) is 8.89. The summed E-state index contributed by atoms with van der Waals surface area (Å²) in [6, 6.07) is 30.6. The molecular formula is C34H34Cl2NSiZr. The minimum absolute atomic E-state index is 0. The number of allylic oxidation sites excluding steroid dienone is 2. The van der Waals surface area contributed by atoms with Gasteiger partial charge in [-0.05, 0) is 42.8 Å². The van der Waals surface area contributed by atoms with E-state index in [2.05, 4.69) is 129 Å². The monoisotopic (exact) mass is 644 g/mol. The average molecular weight is 647 g/mol. The van der Waals surface area contributed by atoms with Crippen molar-refractivity contribution in [2.45, 2.75) is 49.5 Å². The summed E-state index contributed by atoms with van der Waals surface area (Å²) in [5.74, 6) is 0. The molecule has 0 spiro atoms. The van der Waals surface area contributed by atoms with Gasteiger partial charge in [0, 0.05) is 22.6 Å². The van der Waals surface area contributed by atoms with Crippen LogP contribution in [0.25, 0.3) is 28.1 Å². The normalized spacial score (nSPS) is 19.0. The summed E-state index contributed by atoms with van der Waals surface area (Å²) < 4.78 is 3.14. The number of aryl methyl sites for hydroxylation is 1. The number of fused-ring (bicyclic) bond motifs is 1. The van der Waals surface area contributed by atoms with Crippen molar-refractivity contribution in [3.8, 4) is 16.8 Å². The fraction of sp³-hybridized carbons (Fsp3) is 0.235.